The van der Waals surface area contributed by atoms with Gasteiger partial charge in [0, 0.05) is 17.8 Å². The minimum Gasteiger partial charge on any atom is -0.465 e. The van der Waals surface area contributed by atoms with E-state index in [1.807, 2.05) is 29.2 Å². The fourth-order valence-electron chi connectivity index (χ4n) is 2.52. The molecule has 1 aliphatic rings. The number of hydrogen-bond acceptors (Lipinski definition) is 2. The molecule has 0 saturated heterocycles. The van der Waals surface area contributed by atoms with Gasteiger partial charge in [-0.3, -0.25) is 4.79 Å². The van der Waals surface area contributed by atoms with Crippen LogP contribution in [0.3, 0.4) is 0 Å². The summed E-state index contributed by atoms with van der Waals surface area (Å²) in [5, 5.41) is 0. The van der Waals surface area contributed by atoms with Crippen LogP contribution in [0.25, 0.3) is 6.08 Å². The quantitative estimate of drug-likeness (QED) is 0.770. The number of anilines is 1. The number of amides is 1. The Bertz CT molecular complexity index is 613. The number of rotatable bonds is 2. The molecule has 2 aromatic rings. The van der Waals surface area contributed by atoms with Crippen LogP contribution in [0.1, 0.15) is 18.2 Å². The third kappa shape index (κ3) is 2.19. The molecule has 0 saturated carbocycles. The highest BCUT2D eigenvalue weighted by atomic mass is 16.3. The molecule has 1 aromatic carbocycles. The lowest BCUT2D eigenvalue weighted by Crippen LogP contribution is -2.34. The van der Waals surface area contributed by atoms with Crippen LogP contribution in [0.2, 0.25) is 0 Å². The van der Waals surface area contributed by atoms with Crippen LogP contribution in [0, 0.1) is 0 Å². The fraction of sp³-hybridized carbons (Fsp3) is 0.188. The minimum atomic E-state index is -0.00569. The molecule has 1 unspecified atom stereocenters. The number of hydrogen-bond donors (Lipinski definition) is 0. The van der Waals surface area contributed by atoms with Crippen LogP contribution in [0.15, 0.2) is 53.2 Å². The number of para-hydroxylation sites is 1. The van der Waals surface area contributed by atoms with Crippen molar-refractivity contribution in [3.8, 4) is 0 Å². The van der Waals surface area contributed by atoms with Crippen molar-refractivity contribution in [3.63, 3.8) is 0 Å². The van der Waals surface area contributed by atoms with Gasteiger partial charge in [0.25, 0.3) is 5.91 Å². The molecule has 3 rings (SSSR count). The second kappa shape index (κ2) is 4.76. The third-order valence-corrected chi connectivity index (χ3v) is 3.38. The first-order valence-electron chi connectivity index (χ1n) is 6.38. The monoisotopic (exact) mass is 253 g/mol. The van der Waals surface area contributed by atoms with Gasteiger partial charge in [0.1, 0.15) is 5.76 Å². The Morgan fingerprint density at radius 1 is 1.32 bits per heavy atom. The number of fused-ring (bicyclic) bond motifs is 1. The lowest BCUT2D eigenvalue weighted by Gasteiger charge is -2.20. The first-order valence-corrected chi connectivity index (χ1v) is 6.38. The summed E-state index contributed by atoms with van der Waals surface area (Å²) < 4.78 is 5.19. The number of benzene rings is 1. The molecule has 0 bridgehead atoms. The molecule has 2 heterocycles. The molecular weight excluding hydrogens is 238 g/mol. The summed E-state index contributed by atoms with van der Waals surface area (Å²) in [6.07, 6.45) is 5.78. The van der Waals surface area contributed by atoms with Gasteiger partial charge in [0.2, 0.25) is 0 Å². The molecule has 96 valence electrons. The predicted molar refractivity (Wildman–Crippen MR) is 74.8 cm³/mol. The molecule has 0 aliphatic carbocycles. The molecule has 1 atom stereocenters. The van der Waals surface area contributed by atoms with E-state index in [1.165, 1.54) is 5.56 Å². The zero-order chi connectivity index (χ0) is 13.2. The molecule has 0 fully saturated rings. The highest BCUT2D eigenvalue weighted by molar-refractivity contribution is 6.05. The first-order chi connectivity index (χ1) is 9.25. The van der Waals surface area contributed by atoms with Gasteiger partial charge in [0.05, 0.1) is 6.26 Å². The van der Waals surface area contributed by atoms with E-state index in [0.717, 1.165) is 12.1 Å². The molecule has 0 spiro atoms. The van der Waals surface area contributed by atoms with E-state index < -0.39 is 0 Å². The lowest BCUT2D eigenvalue weighted by molar-refractivity contribution is -0.114. The Labute approximate surface area is 112 Å². The fourth-order valence-corrected chi connectivity index (χ4v) is 2.52. The number of carbonyl (C=O) groups excluding carboxylic acids is 1. The summed E-state index contributed by atoms with van der Waals surface area (Å²) in [4.78, 5) is 14.2. The summed E-state index contributed by atoms with van der Waals surface area (Å²) >= 11 is 0. The Morgan fingerprint density at radius 3 is 2.95 bits per heavy atom. The van der Waals surface area contributed by atoms with Crippen molar-refractivity contribution in [1.29, 1.82) is 0 Å². The molecule has 0 radical (unpaired) electrons. The van der Waals surface area contributed by atoms with Gasteiger partial charge < -0.3 is 9.32 Å². The maximum Gasteiger partial charge on any atom is 0.251 e. The van der Waals surface area contributed by atoms with Crippen LogP contribution in [-0.2, 0) is 11.2 Å². The molecule has 19 heavy (non-hydrogen) atoms. The van der Waals surface area contributed by atoms with Gasteiger partial charge in [-0.15, -0.1) is 0 Å². The van der Waals surface area contributed by atoms with E-state index in [1.54, 1.807) is 24.5 Å². The highest BCUT2D eigenvalue weighted by Gasteiger charge is 2.29. The number of nitrogens with zero attached hydrogens (tertiary/aromatic N) is 1. The van der Waals surface area contributed by atoms with Gasteiger partial charge in [-0.05, 0) is 43.2 Å². The minimum absolute atomic E-state index is 0.00569. The van der Waals surface area contributed by atoms with E-state index in [-0.39, 0.29) is 11.9 Å². The maximum absolute atomic E-state index is 12.3. The zero-order valence-corrected chi connectivity index (χ0v) is 10.7. The Kier molecular flexibility index (Phi) is 2.95. The third-order valence-electron chi connectivity index (χ3n) is 3.38. The van der Waals surface area contributed by atoms with Gasteiger partial charge in [-0.25, -0.2) is 0 Å². The van der Waals surface area contributed by atoms with Crippen LogP contribution in [0.4, 0.5) is 5.69 Å². The average molecular weight is 253 g/mol. The van der Waals surface area contributed by atoms with Crippen molar-refractivity contribution in [2.75, 3.05) is 4.90 Å². The molecule has 1 amide bonds. The molecule has 3 nitrogen and oxygen atoms in total. The summed E-state index contributed by atoms with van der Waals surface area (Å²) in [5.74, 6) is 0.683. The molecular formula is C16H15NO2. The molecule has 0 N–H and O–H groups in total. The maximum atomic E-state index is 12.3. The van der Waals surface area contributed by atoms with Gasteiger partial charge >= 0.3 is 0 Å². The summed E-state index contributed by atoms with van der Waals surface area (Å²) in [6.45, 7) is 2.07. The summed E-state index contributed by atoms with van der Waals surface area (Å²) in [6, 6.07) is 11.9. The summed E-state index contributed by atoms with van der Waals surface area (Å²) in [7, 11) is 0. The Morgan fingerprint density at radius 2 is 2.16 bits per heavy atom. The average Bonchev–Trinajstić information content (AvgIpc) is 3.02. The predicted octanol–water partition coefficient (Wildman–Crippen LogP) is 3.27. The van der Waals surface area contributed by atoms with Crippen LogP contribution < -0.4 is 4.90 Å². The topological polar surface area (TPSA) is 33.5 Å². The highest BCUT2D eigenvalue weighted by Crippen LogP contribution is 2.31. The first kappa shape index (κ1) is 11.8. The summed E-state index contributed by atoms with van der Waals surface area (Å²) in [5.41, 5.74) is 2.25. The smallest absolute Gasteiger partial charge is 0.251 e. The van der Waals surface area contributed by atoms with Crippen molar-refractivity contribution < 1.29 is 9.21 Å². The normalized spacial score (nSPS) is 17.9. The lowest BCUT2D eigenvalue weighted by atomic mass is 10.1. The van der Waals surface area contributed by atoms with E-state index in [2.05, 4.69) is 13.0 Å². The number of carbonyl (C=O) groups is 1. The molecule has 1 aromatic heterocycles. The molecule has 3 heteroatoms. The standard InChI is InChI=1S/C16H15NO2/c1-12-11-13-5-2-3-7-15(13)17(12)16(18)9-8-14-6-4-10-19-14/h2-10,12H,11H2,1H3/b9-8+. The van der Waals surface area contributed by atoms with Crippen LogP contribution >= 0.6 is 0 Å². The number of furan rings is 1. The van der Waals surface area contributed by atoms with Crippen molar-refractivity contribution in [2.24, 2.45) is 0 Å². The second-order valence-corrected chi connectivity index (χ2v) is 4.74. The Hall–Kier alpha value is -2.29. The molecule has 1 aliphatic heterocycles. The Balaban J connectivity index is 1.84. The van der Waals surface area contributed by atoms with Gasteiger partial charge in [0.15, 0.2) is 0 Å². The van der Waals surface area contributed by atoms with E-state index in [9.17, 15) is 4.79 Å². The van der Waals surface area contributed by atoms with E-state index >= 15 is 0 Å². The van der Waals surface area contributed by atoms with Crippen molar-refractivity contribution in [2.45, 2.75) is 19.4 Å². The van der Waals surface area contributed by atoms with Crippen molar-refractivity contribution >= 4 is 17.7 Å². The van der Waals surface area contributed by atoms with E-state index in [4.69, 9.17) is 4.42 Å². The SMILES string of the molecule is CC1Cc2ccccc2N1C(=O)/C=C/c1ccco1. The van der Waals surface area contributed by atoms with Crippen LogP contribution in [-0.4, -0.2) is 11.9 Å². The zero-order valence-electron chi connectivity index (χ0n) is 10.7. The van der Waals surface area contributed by atoms with E-state index in [0.29, 0.717) is 5.76 Å². The largest absolute Gasteiger partial charge is 0.465 e. The van der Waals surface area contributed by atoms with Crippen molar-refractivity contribution in [1.82, 2.24) is 0 Å². The van der Waals surface area contributed by atoms with Crippen LogP contribution in [0.5, 0.6) is 0 Å². The van der Waals surface area contributed by atoms with Gasteiger partial charge in [-0.2, -0.15) is 0 Å². The van der Waals surface area contributed by atoms with Crippen molar-refractivity contribution in [3.05, 3.63) is 60.1 Å². The van der Waals surface area contributed by atoms with Gasteiger partial charge in [-0.1, -0.05) is 18.2 Å². The second-order valence-electron chi connectivity index (χ2n) is 4.74.